The molecule has 0 spiro atoms. The van der Waals surface area contributed by atoms with Crippen molar-refractivity contribution in [3.05, 3.63) is 12.2 Å². The van der Waals surface area contributed by atoms with Crippen LogP contribution in [0.4, 0.5) is 0 Å². The second-order valence-corrected chi connectivity index (χ2v) is 3.67. The van der Waals surface area contributed by atoms with Crippen LogP contribution in [0, 0.1) is 5.92 Å². The molecule has 68 valence electrons. The molecule has 0 aromatic heterocycles. The summed E-state index contributed by atoms with van der Waals surface area (Å²) in [4.78, 5) is 11.2. The lowest BCUT2D eigenvalue weighted by Crippen LogP contribution is -2.10. The van der Waals surface area contributed by atoms with E-state index in [1.165, 1.54) is 32.1 Å². The van der Waals surface area contributed by atoms with Crippen molar-refractivity contribution in [1.29, 1.82) is 0 Å². The van der Waals surface area contributed by atoms with Gasteiger partial charge in [-0.1, -0.05) is 38.2 Å². The van der Waals surface area contributed by atoms with Gasteiger partial charge in [-0.05, 0) is 18.9 Å². The van der Waals surface area contributed by atoms with Crippen LogP contribution in [-0.2, 0) is 4.79 Å². The van der Waals surface area contributed by atoms with Crippen molar-refractivity contribution in [2.75, 3.05) is 0 Å². The second-order valence-electron chi connectivity index (χ2n) is 3.67. The Balaban J connectivity index is 2.24. The second kappa shape index (κ2) is 5.13. The highest BCUT2D eigenvalue weighted by Gasteiger charge is 2.15. The first-order chi connectivity index (χ1) is 5.83. The average molecular weight is 166 g/mol. The number of hydrogen-bond acceptors (Lipinski definition) is 1. The number of carbonyl (C=O) groups excluding carboxylic acids is 1. The van der Waals surface area contributed by atoms with Gasteiger partial charge >= 0.3 is 0 Å². The molecule has 1 saturated carbocycles. The van der Waals surface area contributed by atoms with E-state index in [9.17, 15) is 4.79 Å². The molecule has 1 aliphatic carbocycles. The summed E-state index contributed by atoms with van der Waals surface area (Å²) in [5.41, 5.74) is 0. The van der Waals surface area contributed by atoms with Crippen LogP contribution in [0.5, 0.6) is 0 Å². The van der Waals surface area contributed by atoms with Gasteiger partial charge in [-0.3, -0.25) is 4.79 Å². The summed E-state index contributed by atoms with van der Waals surface area (Å²) < 4.78 is 0. The molecule has 0 heterocycles. The van der Waals surface area contributed by atoms with E-state index in [0.29, 0.717) is 11.7 Å². The summed E-state index contributed by atoms with van der Waals surface area (Å²) in [6, 6.07) is 0. The summed E-state index contributed by atoms with van der Waals surface area (Å²) in [6.07, 6.45) is 10.9. The molecule has 0 aromatic carbocycles. The van der Waals surface area contributed by atoms with Gasteiger partial charge in [0.05, 0.1) is 0 Å². The Morgan fingerprint density at radius 2 is 2.00 bits per heavy atom. The zero-order valence-electron chi connectivity index (χ0n) is 7.88. The zero-order valence-corrected chi connectivity index (χ0v) is 7.88. The van der Waals surface area contributed by atoms with Crippen LogP contribution in [0.25, 0.3) is 0 Å². The molecule has 0 aliphatic heterocycles. The van der Waals surface area contributed by atoms with E-state index in [4.69, 9.17) is 0 Å². The van der Waals surface area contributed by atoms with Crippen LogP contribution in [0.1, 0.15) is 45.4 Å². The third-order valence-electron chi connectivity index (χ3n) is 2.57. The molecule has 0 amide bonds. The minimum Gasteiger partial charge on any atom is -0.295 e. The van der Waals surface area contributed by atoms with Gasteiger partial charge in [0, 0.05) is 6.42 Å². The van der Waals surface area contributed by atoms with Crippen molar-refractivity contribution in [3.8, 4) is 0 Å². The van der Waals surface area contributed by atoms with Crippen LogP contribution in [-0.4, -0.2) is 5.78 Å². The van der Waals surface area contributed by atoms with E-state index >= 15 is 0 Å². The number of ketones is 1. The van der Waals surface area contributed by atoms with Crippen molar-refractivity contribution in [3.63, 3.8) is 0 Å². The fraction of sp³-hybridized carbons (Fsp3) is 0.727. The number of carbonyl (C=O) groups is 1. The minimum absolute atomic E-state index is 0.310. The Kier molecular flexibility index (Phi) is 4.06. The maximum atomic E-state index is 11.2. The average Bonchev–Trinajstić information content (AvgIpc) is 2.06. The highest BCUT2D eigenvalue weighted by atomic mass is 16.1. The molecule has 0 bridgehead atoms. The molecule has 0 N–H and O–H groups in total. The fourth-order valence-corrected chi connectivity index (χ4v) is 1.93. The largest absolute Gasteiger partial charge is 0.295 e. The van der Waals surface area contributed by atoms with Crippen molar-refractivity contribution in [1.82, 2.24) is 0 Å². The smallest absolute Gasteiger partial charge is 0.155 e. The maximum Gasteiger partial charge on any atom is 0.155 e. The first-order valence-corrected chi connectivity index (χ1v) is 4.98. The summed E-state index contributed by atoms with van der Waals surface area (Å²) in [5.74, 6) is 0.992. The summed E-state index contributed by atoms with van der Waals surface area (Å²) in [7, 11) is 0. The van der Waals surface area contributed by atoms with E-state index in [1.54, 1.807) is 6.08 Å². The van der Waals surface area contributed by atoms with Crippen LogP contribution >= 0.6 is 0 Å². The van der Waals surface area contributed by atoms with Crippen molar-refractivity contribution in [2.45, 2.75) is 45.4 Å². The fourth-order valence-electron chi connectivity index (χ4n) is 1.93. The zero-order chi connectivity index (χ0) is 8.81. The molecule has 1 heteroatoms. The maximum absolute atomic E-state index is 11.2. The quantitative estimate of drug-likeness (QED) is 0.589. The van der Waals surface area contributed by atoms with Gasteiger partial charge in [0.25, 0.3) is 0 Å². The van der Waals surface area contributed by atoms with E-state index in [0.717, 1.165) is 6.42 Å². The molecule has 0 radical (unpaired) electrons. The Hall–Kier alpha value is -0.590. The Bertz CT molecular complexity index is 164. The topological polar surface area (TPSA) is 17.1 Å². The molecule has 0 aromatic rings. The lowest BCUT2D eigenvalue weighted by atomic mass is 9.86. The van der Waals surface area contributed by atoms with Gasteiger partial charge in [0.1, 0.15) is 0 Å². The van der Waals surface area contributed by atoms with Gasteiger partial charge in [0.15, 0.2) is 5.78 Å². The molecular weight excluding hydrogens is 148 g/mol. The van der Waals surface area contributed by atoms with Gasteiger partial charge in [-0.2, -0.15) is 0 Å². The van der Waals surface area contributed by atoms with E-state index in [1.807, 2.05) is 13.0 Å². The lowest BCUT2D eigenvalue weighted by Gasteiger charge is -2.19. The van der Waals surface area contributed by atoms with Crippen LogP contribution in [0.15, 0.2) is 12.2 Å². The van der Waals surface area contributed by atoms with Crippen molar-refractivity contribution in [2.24, 2.45) is 5.92 Å². The monoisotopic (exact) mass is 166 g/mol. The third-order valence-corrected chi connectivity index (χ3v) is 2.57. The van der Waals surface area contributed by atoms with Crippen molar-refractivity contribution >= 4 is 5.78 Å². The van der Waals surface area contributed by atoms with Gasteiger partial charge in [0.2, 0.25) is 0 Å². The first-order valence-electron chi connectivity index (χ1n) is 4.98. The van der Waals surface area contributed by atoms with Crippen LogP contribution < -0.4 is 0 Å². The normalized spacial score (nSPS) is 20.1. The molecule has 0 atom stereocenters. The van der Waals surface area contributed by atoms with Gasteiger partial charge in [-0.25, -0.2) is 0 Å². The highest BCUT2D eigenvalue weighted by molar-refractivity contribution is 5.89. The summed E-state index contributed by atoms with van der Waals surface area (Å²) in [5, 5.41) is 0. The molecule has 12 heavy (non-hydrogen) atoms. The highest BCUT2D eigenvalue weighted by Crippen LogP contribution is 2.26. The standard InChI is InChI=1S/C11H18O/c1-2-6-11(12)9-10-7-4-3-5-8-10/h2,6,10H,3-5,7-9H2,1H3/b6-2+. The van der Waals surface area contributed by atoms with Gasteiger partial charge < -0.3 is 0 Å². The predicted octanol–water partition coefficient (Wildman–Crippen LogP) is 3.10. The number of rotatable bonds is 3. The molecule has 1 nitrogen and oxygen atoms in total. The number of allylic oxidation sites excluding steroid dienone is 2. The van der Waals surface area contributed by atoms with Crippen LogP contribution in [0.3, 0.4) is 0 Å². The van der Waals surface area contributed by atoms with E-state index in [2.05, 4.69) is 0 Å². The minimum atomic E-state index is 0.310. The van der Waals surface area contributed by atoms with E-state index in [-0.39, 0.29) is 0 Å². The molecule has 1 fully saturated rings. The first kappa shape index (κ1) is 9.50. The Labute approximate surface area is 74.9 Å². The Morgan fingerprint density at radius 3 is 2.58 bits per heavy atom. The third kappa shape index (κ3) is 3.21. The molecular formula is C11H18O. The number of hydrogen-bond donors (Lipinski definition) is 0. The lowest BCUT2D eigenvalue weighted by molar-refractivity contribution is -0.115. The SMILES string of the molecule is C/C=C/C(=O)CC1CCCCC1. The molecule has 0 unspecified atom stereocenters. The van der Waals surface area contributed by atoms with E-state index < -0.39 is 0 Å². The molecule has 1 aliphatic rings. The summed E-state index contributed by atoms with van der Waals surface area (Å²) >= 11 is 0. The Morgan fingerprint density at radius 1 is 1.33 bits per heavy atom. The molecule has 0 saturated heterocycles. The predicted molar refractivity (Wildman–Crippen MR) is 51.0 cm³/mol. The molecule has 1 rings (SSSR count). The van der Waals surface area contributed by atoms with Crippen molar-refractivity contribution < 1.29 is 4.79 Å². The summed E-state index contributed by atoms with van der Waals surface area (Å²) in [6.45, 7) is 1.90. The van der Waals surface area contributed by atoms with Crippen LogP contribution in [0.2, 0.25) is 0 Å². The van der Waals surface area contributed by atoms with Gasteiger partial charge in [-0.15, -0.1) is 0 Å².